The molecule has 25 heteroatoms. The summed E-state index contributed by atoms with van der Waals surface area (Å²) >= 11 is 0. The van der Waals surface area contributed by atoms with Crippen molar-refractivity contribution in [2.24, 2.45) is 0 Å². The fraction of sp³-hybridized carbons (Fsp3) is 0.929. The lowest BCUT2D eigenvalue weighted by atomic mass is 9.84. The van der Waals surface area contributed by atoms with Crippen molar-refractivity contribution in [3.8, 4) is 0 Å². The third-order valence-electron chi connectivity index (χ3n) is 18.3. The molecule has 0 spiro atoms. The molecule has 18 unspecified atom stereocenters. The molecule has 24 nitrogen and oxygen atoms in total. The van der Waals surface area contributed by atoms with Gasteiger partial charge >= 0.3 is 25.7 Å². The number of allylic oxidation sites excluding steroid dienone is 2. The number of carbonyl (C=O) groups excluding carboxylic acids is 3. The Balaban J connectivity index is 1.74. The van der Waals surface area contributed by atoms with E-state index in [4.69, 9.17) is 42.2 Å². The van der Waals surface area contributed by atoms with Gasteiger partial charge in [-0.1, -0.05) is 232 Å². The quantitative estimate of drug-likeness (QED) is 0.00887. The normalized spacial score (nSPS) is 28.1. The number of carbonyl (C=O) groups is 3. The molecule has 11 N–H and O–H groups in total. The van der Waals surface area contributed by atoms with Gasteiger partial charge in [0.1, 0.15) is 98.7 Å². The Hall–Kier alpha value is -2.30. The third kappa shape index (κ3) is 36.2. The molecular weight excluding hydrogens is 1260 g/mol. The standard InChI is InChI=1S/C70H129O24P/c1-4-7-10-13-16-19-22-24-26-28-31-34-37-40-43-46-56(74)89-51(48-86-54(72)44-41-38-35-32-29-21-18-15-12-9-6-3)49-88-95(84,85)94-68-66(92-69-64(82)59(77)57(75)52(47-71)90-69)62(80)61(79)63(81)67(68)93-70-65(83)60(78)58(76)53(91-70)50-87-55(73)45-42-39-36-33-30-27-25-23-20-17-14-11-8-5-2/h19,22,51-53,57-71,75-83H,4-18,20-21,23-50H2,1-3H3,(H,84,85)/b22-19-. The molecule has 1 aliphatic carbocycles. The average Bonchev–Trinajstić information content (AvgIpc) is 0.764. The second-order valence-corrected chi connectivity index (χ2v) is 28.1. The molecule has 0 bridgehead atoms. The van der Waals surface area contributed by atoms with E-state index < -0.39 is 156 Å². The number of phosphoric acid groups is 1. The summed E-state index contributed by atoms with van der Waals surface area (Å²) in [6.45, 7) is 3.42. The fourth-order valence-corrected chi connectivity index (χ4v) is 13.2. The summed E-state index contributed by atoms with van der Waals surface area (Å²) in [4.78, 5) is 50.9. The van der Waals surface area contributed by atoms with Crippen LogP contribution in [0.25, 0.3) is 0 Å². The van der Waals surface area contributed by atoms with Crippen LogP contribution in [0.1, 0.15) is 284 Å². The molecule has 1 saturated carbocycles. The molecule has 95 heavy (non-hydrogen) atoms. The van der Waals surface area contributed by atoms with Crippen LogP contribution in [0, 0.1) is 0 Å². The highest BCUT2D eigenvalue weighted by atomic mass is 31.2. The van der Waals surface area contributed by atoms with E-state index in [1.165, 1.54) is 109 Å². The first-order chi connectivity index (χ1) is 45.8. The fourth-order valence-electron chi connectivity index (χ4n) is 12.2. The van der Waals surface area contributed by atoms with Crippen LogP contribution in [0.4, 0.5) is 0 Å². The van der Waals surface area contributed by atoms with Gasteiger partial charge in [0.25, 0.3) is 0 Å². The maximum absolute atomic E-state index is 14.3. The Bertz CT molecular complexity index is 2020. The lowest BCUT2D eigenvalue weighted by molar-refractivity contribution is -0.360. The van der Waals surface area contributed by atoms with Crippen molar-refractivity contribution in [2.75, 3.05) is 26.4 Å². The molecule has 3 fully saturated rings. The third-order valence-corrected chi connectivity index (χ3v) is 19.3. The number of unbranched alkanes of at least 4 members (excludes halogenated alkanes) is 34. The molecule has 18 atom stereocenters. The first-order valence-electron chi connectivity index (χ1n) is 37.0. The van der Waals surface area contributed by atoms with Gasteiger partial charge in [0, 0.05) is 19.3 Å². The van der Waals surface area contributed by atoms with Crippen LogP contribution in [0.5, 0.6) is 0 Å². The minimum atomic E-state index is -5.69. The molecule has 3 rings (SSSR count). The SMILES string of the molecule is CCCCCC/C=C\CCCCCCCCCC(=O)OC(COC(=O)CCCCCCCCCCCCC)COP(=O)(O)OC1C(OC2OC(CO)C(O)C(O)C2O)C(O)C(O)C(O)C1OC1OC(COC(=O)CCCCCCCCCCCCCCCC)C(O)C(O)C1O. The zero-order chi connectivity index (χ0) is 69.6. The van der Waals surface area contributed by atoms with E-state index in [-0.39, 0.29) is 19.3 Å². The Morgan fingerprint density at radius 3 is 1.15 bits per heavy atom. The summed E-state index contributed by atoms with van der Waals surface area (Å²) in [6.07, 6.45) is 10.0. The van der Waals surface area contributed by atoms with Gasteiger partial charge in [-0.15, -0.1) is 0 Å². The maximum Gasteiger partial charge on any atom is 0.472 e. The van der Waals surface area contributed by atoms with Gasteiger partial charge in [-0.2, -0.15) is 0 Å². The van der Waals surface area contributed by atoms with Crippen LogP contribution < -0.4 is 0 Å². The molecule has 2 aliphatic heterocycles. The van der Waals surface area contributed by atoms with E-state index in [9.17, 15) is 74.9 Å². The van der Waals surface area contributed by atoms with Gasteiger partial charge in [0.15, 0.2) is 18.7 Å². The zero-order valence-corrected chi connectivity index (χ0v) is 58.9. The van der Waals surface area contributed by atoms with Crippen molar-refractivity contribution in [2.45, 2.75) is 388 Å². The highest BCUT2D eigenvalue weighted by Gasteiger charge is 2.58. The van der Waals surface area contributed by atoms with Crippen molar-refractivity contribution >= 4 is 25.7 Å². The Kier molecular flexibility index (Phi) is 48.2. The summed E-state index contributed by atoms with van der Waals surface area (Å²) in [5.41, 5.74) is 0. The van der Waals surface area contributed by atoms with E-state index in [0.29, 0.717) is 19.3 Å². The maximum atomic E-state index is 14.3. The monoisotopic (exact) mass is 1380 g/mol. The number of phosphoric ester groups is 1. The smallest absolute Gasteiger partial charge is 0.463 e. The molecular formula is C70H129O24P. The zero-order valence-electron chi connectivity index (χ0n) is 58.0. The van der Waals surface area contributed by atoms with Crippen LogP contribution in [0.3, 0.4) is 0 Å². The van der Waals surface area contributed by atoms with Crippen molar-refractivity contribution in [1.82, 2.24) is 0 Å². The summed E-state index contributed by atoms with van der Waals surface area (Å²) in [5, 5.41) is 110. The van der Waals surface area contributed by atoms with Gasteiger partial charge in [0.05, 0.1) is 13.2 Å². The first-order valence-corrected chi connectivity index (χ1v) is 38.5. The molecule has 3 aliphatic rings. The number of rotatable bonds is 57. The topological polar surface area (TPSA) is 374 Å². The van der Waals surface area contributed by atoms with Crippen LogP contribution in [-0.4, -0.2) is 204 Å². The molecule has 2 heterocycles. The predicted octanol–water partition coefficient (Wildman–Crippen LogP) is 9.57. The van der Waals surface area contributed by atoms with Crippen LogP contribution in [0.2, 0.25) is 0 Å². The highest BCUT2D eigenvalue weighted by molar-refractivity contribution is 7.47. The van der Waals surface area contributed by atoms with Gasteiger partial charge in [-0.05, 0) is 44.9 Å². The summed E-state index contributed by atoms with van der Waals surface area (Å²) in [7, 11) is -5.69. The first kappa shape index (κ1) is 86.9. The van der Waals surface area contributed by atoms with E-state index in [1.54, 1.807) is 0 Å². The van der Waals surface area contributed by atoms with Gasteiger partial charge < -0.3 is 89.1 Å². The molecule has 558 valence electrons. The van der Waals surface area contributed by atoms with Crippen LogP contribution in [0.15, 0.2) is 12.2 Å². The Labute approximate surface area is 567 Å². The minimum absolute atomic E-state index is 0.0323. The number of aliphatic hydroxyl groups excluding tert-OH is 10. The van der Waals surface area contributed by atoms with E-state index in [1.807, 2.05) is 0 Å². The Morgan fingerprint density at radius 2 is 0.737 bits per heavy atom. The van der Waals surface area contributed by atoms with E-state index in [0.717, 1.165) is 116 Å². The number of esters is 3. The van der Waals surface area contributed by atoms with Gasteiger partial charge in [-0.25, -0.2) is 4.57 Å². The Morgan fingerprint density at radius 1 is 0.400 bits per heavy atom. The molecule has 0 radical (unpaired) electrons. The second-order valence-electron chi connectivity index (χ2n) is 26.7. The summed E-state index contributed by atoms with van der Waals surface area (Å²) in [5.74, 6) is -1.99. The molecule has 0 amide bonds. The second kappa shape index (κ2) is 52.6. The lowest BCUT2D eigenvalue weighted by Crippen LogP contribution is -2.69. The number of hydrogen-bond acceptors (Lipinski definition) is 23. The van der Waals surface area contributed by atoms with Crippen molar-refractivity contribution in [3.05, 3.63) is 12.2 Å². The minimum Gasteiger partial charge on any atom is -0.463 e. The predicted molar refractivity (Wildman–Crippen MR) is 356 cm³/mol. The molecule has 0 aromatic rings. The largest absolute Gasteiger partial charge is 0.472 e. The van der Waals surface area contributed by atoms with Gasteiger partial charge in [-0.3, -0.25) is 23.4 Å². The van der Waals surface area contributed by atoms with Crippen molar-refractivity contribution < 1.29 is 117 Å². The number of ether oxygens (including phenoxy) is 7. The van der Waals surface area contributed by atoms with E-state index >= 15 is 0 Å². The molecule has 0 aromatic heterocycles. The van der Waals surface area contributed by atoms with Gasteiger partial charge in [0.2, 0.25) is 0 Å². The molecule has 2 saturated heterocycles. The summed E-state index contributed by atoms with van der Waals surface area (Å²) < 4.78 is 64.9. The van der Waals surface area contributed by atoms with Crippen LogP contribution in [-0.2, 0) is 61.2 Å². The summed E-state index contributed by atoms with van der Waals surface area (Å²) in [6, 6.07) is 0. The lowest BCUT2D eigenvalue weighted by Gasteiger charge is -2.49. The van der Waals surface area contributed by atoms with Crippen molar-refractivity contribution in [1.29, 1.82) is 0 Å². The van der Waals surface area contributed by atoms with Crippen LogP contribution >= 0.6 is 7.82 Å². The number of hydrogen-bond donors (Lipinski definition) is 11. The highest BCUT2D eigenvalue weighted by Crippen LogP contribution is 2.49. The molecule has 0 aromatic carbocycles. The van der Waals surface area contributed by atoms with E-state index in [2.05, 4.69) is 32.9 Å². The average molecular weight is 1390 g/mol. The number of aliphatic hydroxyl groups is 10. The van der Waals surface area contributed by atoms with Crippen molar-refractivity contribution in [3.63, 3.8) is 0 Å².